The number of carbonyl (C=O) groups excluding carboxylic acids is 1. The summed E-state index contributed by atoms with van der Waals surface area (Å²) in [7, 11) is 0. The molecule has 1 aliphatic rings. The van der Waals surface area contributed by atoms with Crippen LogP contribution in [-0.4, -0.2) is 32.4 Å². The molecule has 150 valence electrons. The van der Waals surface area contributed by atoms with Crippen molar-refractivity contribution in [3.8, 4) is 29.1 Å². The molecule has 3 heterocycles. The maximum Gasteiger partial charge on any atom is 0.228 e. The van der Waals surface area contributed by atoms with E-state index in [9.17, 15) is 10.1 Å². The fourth-order valence-corrected chi connectivity index (χ4v) is 3.18. The first kappa shape index (κ1) is 19.4. The second-order valence-corrected chi connectivity index (χ2v) is 6.80. The largest absolute Gasteiger partial charge is 0.438 e. The van der Waals surface area contributed by atoms with Crippen LogP contribution in [0.5, 0.6) is 11.6 Å². The lowest BCUT2D eigenvalue weighted by Crippen LogP contribution is -2.25. The molecule has 9 heteroatoms. The summed E-state index contributed by atoms with van der Waals surface area (Å²) >= 11 is 0. The molecule has 30 heavy (non-hydrogen) atoms. The van der Waals surface area contributed by atoms with Gasteiger partial charge in [-0.15, -0.1) is 0 Å². The number of hydrogen-bond donors (Lipinski definition) is 1. The van der Waals surface area contributed by atoms with Crippen molar-refractivity contribution in [2.75, 3.05) is 11.4 Å². The predicted octanol–water partition coefficient (Wildman–Crippen LogP) is 2.49. The first-order valence-corrected chi connectivity index (χ1v) is 9.47. The van der Waals surface area contributed by atoms with Crippen LogP contribution in [0.3, 0.4) is 0 Å². The number of nitriles is 1. The van der Waals surface area contributed by atoms with Gasteiger partial charge >= 0.3 is 0 Å². The molecule has 4 rings (SSSR count). The summed E-state index contributed by atoms with van der Waals surface area (Å²) in [6.45, 7) is 2.69. The van der Waals surface area contributed by atoms with Crippen molar-refractivity contribution in [1.29, 1.82) is 5.26 Å². The van der Waals surface area contributed by atoms with Crippen molar-refractivity contribution >= 4 is 11.7 Å². The Labute approximate surface area is 173 Å². The number of aromatic nitrogens is 4. The number of carbonyl (C=O) groups is 1. The summed E-state index contributed by atoms with van der Waals surface area (Å²) in [4.78, 5) is 31.1. The minimum atomic E-state index is 0.0274. The Morgan fingerprint density at radius 2 is 2.03 bits per heavy atom. The molecule has 1 fully saturated rings. The third-order valence-corrected chi connectivity index (χ3v) is 4.66. The lowest BCUT2D eigenvalue weighted by atomic mass is 10.1. The summed E-state index contributed by atoms with van der Waals surface area (Å²) < 4.78 is 6.03. The van der Waals surface area contributed by atoms with Crippen LogP contribution in [0.15, 0.2) is 36.7 Å². The van der Waals surface area contributed by atoms with E-state index in [0.29, 0.717) is 53.9 Å². The van der Waals surface area contributed by atoms with Gasteiger partial charge in [-0.25, -0.2) is 15.0 Å². The van der Waals surface area contributed by atoms with Gasteiger partial charge in [-0.2, -0.15) is 10.2 Å². The number of aryl methyl sites for hydroxylation is 1. The van der Waals surface area contributed by atoms with E-state index in [4.69, 9.17) is 10.5 Å². The number of rotatable bonds is 5. The second kappa shape index (κ2) is 8.23. The van der Waals surface area contributed by atoms with Crippen LogP contribution in [0, 0.1) is 18.3 Å². The first-order chi connectivity index (χ1) is 14.6. The van der Waals surface area contributed by atoms with Crippen LogP contribution in [0.25, 0.3) is 11.4 Å². The van der Waals surface area contributed by atoms with Crippen molar-refractivity contribution in [2.45, 2.75) is 26.3 Å². The zero-order valence-electron chi connectivity index (χ0n) is 16.4. The minimum absolute atomic E-state index is 0.0274. The molecule has 1 aliphatic heterocycles. The van der Waals surface area contributed by atoms with Crippen molar-refractivity contribution < 1.29 is 9.53 Å². The van der Waals surface area contributed by atoms with E-state index < -0.39 is 0 Å². The molecule has 3 aromatic rings. The van der Waals surface area contributed by atoms with Gasteiger partial charge in [0.05, 0.1) is 17.2 Å². The normalized spacial score (nSPS) is 13.4. The van der Waals surface area contributed by atoms with Gasteiger partial charge in [-0.3, -0.25) is 9.69 Å². The average Bonchev–Trinajstić information content (AvgIpc) is 3.19. The second-order valence-electron chi connectivity index (χ2n) is 6.80. The fraction of sp³-hybridized carbons (Fsp3) is 0.238. The minimum Gasteiger partial charge on any atom is -0.438 e. The van der Waals surface area contributed by atoms with E-state index in [0.717, 1.165) is 12.0 Å². The molecule has 0 aliphatic carbocycles. The molecule has 9 nitrogen and oxygen atoms in total. The highest BCUT2D eigenvalue weighted by Crippen LogP contribution is 2.33. The van der Waals surface area contributed by atoms with Gasteiger partial charge in [-0.05, 0) is 31.5 Å². The highest BCUT2D eigenvalue weighted by molar-refractivity contribution is 5.94. The SMILES string of the molecule is Cc1nc(Oc2cc(C#N)ccc2-c2ncc(CN)cn2)cc(N2CCCC2=O)n1. The fourth-order valence-electron chi connectivity index (χ4n) is 3.18. The number of hydrogen-bond acceptors (Lipinski definition) is 8. The monoisotopic (exact) mass is 401 g/mol. The van der Waals surface area contributed by atoms with Gasteiger partial charge in [0.25, 0.3) is 0 Å². The molecule has 1 saturated heterocycles. The van der Waals surface area contributed by atoms with E-state index in [1.165, 1.54) is 0 Å². The smallest absolute Gasteiger partial charge is 0.228 e. The standard InChI is InChI=1S/C21H19N7O2/c1-13-26-18(28-6-2-3-20(28)29)8-19(27-13)30-17-7-14(9-22)4-5-16(17)21-24-11-15(10-23)12-25-21/h4-5,7-8,11-12H,2-3,6,10,23H2,1H3. The van der Waals surface area contributed by atoms with E-state index in [-0.39, 0.29) is 11.8 Å². The summed E-state index contributed by atoms with van der Waals surface area (Å²) in [6, 6.07) is 8.72. The van der Waals surface area contributed by atoms with E-state index >= 15 is 0 Å². The average molecular weight is 401 g/mol. The lowest BCUT2D eigenvalue weighted by molar-refractivity contribution is -0.117. The van der Waals surface area contributed by atoms with Gasteiger partial charge in [0, 0.05) is 43.5 Å². The number of anilines is 1. The van der Waals surface area contributed by atoms with Gasteiger partial charge in [-0.1, -0.05) is 0 Å². The maximum atomic E-state index is 12.1. The molecule has 1 amide bonds. The summed E-state index contributed by atoms with van der Waals surface area (Å²) in [6.07, 6.45) is 4.60. The summed E-state index contributed by atoms with van der Waals surface area (Å²) in [5, 5.41) is 9.30. The summed E-state index contributed by atoms with van der Waals surface area (Å²) in [5.74, 6) is 2.09. The zero-order chi connectivity index (χ0) is 21.1. The number of amides is 1. The van der Waals surface area contributed by atoms with Gasteiger partial charge in [0.15, 0.2) is 5.82 Å². The molecule has 2 aromatic heterocycles. The van der Waals surface area contributed by atoms with E-state index in [1.807, 2.05) is 0 Å². The van der Waals surface area contributed by atoms with Crippen molar-refractivity contribution in [2.24, 2.45) is 5.73 Å². The third-order valence-electron chi connectivity index (χ3n) is 4.66. The lowest BCUT2D eigenvalue weighted by Gasteiger charge is -2.16. The molecule has 0 saturated carbocycles. The summed E-state index contributed by atoms with van der Waals surface area (Å²) in [5.41, 5.74) is 7.45. The first-order valence-electron chi connectivity index (χ1n) is 9.47. The van der Waals surface area contributed by atoms with Crippen LogP contribution in [0.4, 0.5) is 5.82 Å². The Hall–Kier alpha value is -3.90. The van der Waals surface area contributed by atoms with Gasteiger partial charge in [0.1, 0.15) is 17.4 Å². The van der Waals surface area contributed by atoms with Gasteiger partial charge < -0.3 is 10.5 Å². The Morgan fingerprint density at radius 1 is 1.23 bits per heavy atom. The highest BCUT2D eigenvalue weighted by atomic mass is 16.5. The molecule has 2 N–H and O–H groups in total. The van der Waals surface area contributed by atoms with Crippen molar-refractivity contribution in [3.63, 3.8) is 0 Å². The Kier molecular flexibility index (Phi) is 5.32. The van der Waals surface area contributed by atoms with Crippen LogP contribution < -0.4 is 15.4 Å². The number of nitrogens with two attached hydrogens (primary N) is 1. The van der Waals surface area contributed by atoms with E-state index in [1.54, 1.807) is 48.5 Å². The quantitative estimate of drug-likeness (QED) is 0.690. The Balaban J connectivity index is 1.72. The van der Waals surface area contributed by atoms with Crippen molar-refractivity contribution in [1.82, 2.24) is 19.9 Å². The maximum absolute atomic E-state index is 12.1. The molecular weight excluding hydrogens is 382 g/mol. The van der Waals surface area contributed by atoms with Crippen molar-refractivity contribution in [3.05, 3.63) is 53.6 Å². The zero-order valence-corrected chi connectivity index (χ0v) is 16.4. The molecule has 0 atom stereocenters. The van der Waals surface area contributed by atoms with Gasteiger partial charge in [0.2, 0.25) is 11.8 Å². The highest BCUT2D eigenvalue weighted by Gasteiger charge is 2.24. The Morgan fingerprint density at radius 3 is 2.70 bits per heavy atom. The third kappa shape index (κ3) is 3.94. The number of benzene rings is 1. The molecule has 0 radical (unpaired) electrons. The number of ether oxygens (including phenoxy) is 1. The number of nitrogens with zero attached hydrogens (tertiary/aromatic N) is 6. The molecule has 0 unspecified atom stereocenters. The van der Waals surface area contributed by atoms with Crippen LogP contribution >= 0.6 is 0 Å². The predicted molar refractivity (Wildman–Crippen MR) is 109 cm³/mol. The molecular formula is C21H19N7O2. The Bertz CT molecular complexity index is 1140. The van der Waals surface area contributed by atoms with E-state index in [2.05, 4.69) is 26.0 Å². The van der Waals surface area contributed by atoms with Crippen LogP contribution in [0.2, 0.25) is 0 Å². The topological polar surface area (TPSA) is 131 Å². The van der Waals surface area contributed by atoms with Crippen LogP contribution in [-0.2, 0) is 11.3 Å². The molecule has 0 bridgehead atoms. The molecule has 0 spiro atoms. The molecule has 1 aromatic carbocycles. The van der Waals surface area contributed by atoms with Crippen LogP contribution in [0.1, 0.15) is 29.8 Å².